The van der Waals surface area contributed by atoms with E-state index in [-0.39, 0.29) is 39.8 Å². The van der Waals surface area contributed by atoms with Gasteiger partial charge in [-0.2, -0.15) is 0 Å². The number of hydrogen-bond donors (Lipinski definition) is 1. The summed E-state index contributed by atoms with van der Waals surface area (Å²) >= 11 is 0. The minimum atomic E-state index is -2.87. The number of ether oxygens (including phenoxy) is 2. The summed E-state index contributed by atoms with van der Waals surface area (Å²) in [6.07, 6.45) is 23.2. The van der Waals surface area contributed by atoms with Crippen LogP contribution in [0, 0.1) is 56.7 Å². The molecule has 0 amide bonds. The van der Waals surface area contributed by atoms with Crippen LogP contribution >= 0.6 is 0 Å². The fraction of sp³-hybridized carbons (Fsp3) is 0.776. The van der Waals surface area contributed by atoms with Gasteiger partial charge in [0, 0.05) is 44.1 Å². The summed E-state index contributed by atoms with van der Waals surface area (Å²) in [7, 11) is -2.87. The Balaban J connectivity index is 1.01. The highest BCUT2D eigenvalue weighted by Gasteiger charge is 2.70. The molecule has 10 heteroatoms. The standard InChI is InChI=1S/C49H74N4O5S/c1-9-57-43(54)48(33-58-41-32-50-24-25-51-41)19-12-35(13-20-48)37-15-17-45(6)39(44(37,4)5)16-18-47(8)40(45)11-10-38-42-36(34(2)3)14-21-49(42,23-22-46(38,47)7)52-26-27-53-28-30-59(55,56)31-29-53/h12,15,24-25,32,36,38-40,42,52H,2,9-11,13-14,16-23,26-31,33H2,1,3-8H3/t36-,38+,39-,40+,42+,45-,46+,47+,48+,49-/m0/s1. The summed E-state index contributed by atoms with van der Waals surface area (Å²) in [6.45, 7) is 25.8. The Morgan fingerprint density at radius 1 is 0.932 bits per heavy atom. The summed E-state index contributed by atoms with van der Waals surface area (Å²) in [5.41, 5.74) is 4.48. The smallest absolute Gasteiger partial charge is 0.315 e. The first-order chi connectivity index (χ1) is 27.9. The van der Waals surface area contributed by atoms with Gasteiger partial charge < -0.3 is 19.7 Å². The molecule has 1 aromatic heterocycles. The Labute approximate surface area is 356 Å². The molecule has 9 nitrogen and oxygen atoms in total. The lowest BCUT2D eigenvalue weighted by Gasteiger charge is -2.72. The molecule has 326 valence electrons. The van der Waals surface area contributed by atoms with E-state index < -0.39 is 15.3 Å². The minimum Gasteiger partial charge on any atom is -0.475 e. The molecule has 59 heavy (non-hydrogen) atoms. The van der Waals surface area contributed by atoms with Crippen LogP contribution in [0.5, 0.6) is 5.88 Å². The van der Waals surface area contributed by atoms with Crippen molar-refractivity contribution in [2.75, 3.05) is 50.9 Å². The molecule has 8 rings (SSSR count). The molecule has 2 heterocycles. The van der Waals surface area contributed by atoms with Gasteiger partial charge in [-0.05, 0) is 153 Å². The van der Waals surface area contributed by atoms with E-state index in [1.54, 1.807) is 18.6 Å². The van der Waals surface area contributed by atoms with Crippen molar-refractivity contribution in [3.8, 4) is 5.88 Å². The largest absolute Gasteiger partial charge is 0.475 e. The zero-order valence-electron chi connectivity index (χ0n) is 37.4. The van der Waals surface area contributed by atoms with Crippen molar-refractivity contribution >= 4 is 15.8 Å². The predicted octanol–water partition coefficient (Wildman–Crippen LogP) is 8.78. The lowest BCUT2D eigenvalue weighted by atomic mass is 9.33. The van der Waals surface area contributed by atoms with Gasteiger partial charge in [0.2, 0.25) is 5.88 Å². The number of nitrogens with zero attached hydrogens (tertiary/aromatic N) is 3. The molecule has 4 saturated carbocycles. The van der Waals surface area contributed by atoms with Gasteiger partial charge in [0.1, 0.15) is 12.0 Å². The van der Waals surface area contributed by atoms with Crippen molar-refractivity contribution in [3.63, 3.8) is 0 Å². The van der Waals surface area contributed by atoms with E-state index >= 15 is 0 Å². The monoisotopic (exact) mass is 831 g/mol. The Morgan fingerprint density at radius 3 is 2.39 bits per heavy atom. The summed E-state index contributed by atoms with van der Waals surface area (Å²) in [4.78, 5) is 24.3. The number of carbonyl (C=O) groups is 1. The highest BCUT2D eigenvalue weighted by molar-refractivity contribution is 7.91. The molecule has 7 aliphatic rings. The maximum Gasteiger partial charge on any atom is 0.315 e. The minimum absolute atomic E-state index is 0.0264. The molecule has 0 bridgehead atoms. The van der Waals surface area contributed by atoms with Crippen molar-refractivity contribution in [3.05, 3.63) is 54.0 Å². The van der Waals surface area contributed by atoms with E-state index in [0.717, 1.165) is 25.9 Å². The second-order valence-corrected chi connectivity index (χ2v) is 23.9. The van der Waals surface area contributed by atoms with E-state index in [2.05, 4.69) is 80.5 Å². The van der Waals surface area contributed by atoms with Gasteiger partial charge in [0.15, 0.2) is 9.84 Å². The maximum atomic E-state index is 13.5. The van der Waals surface area contributed by atoms with Crippen molar-refractivity contribution in [2.24, 2.45) is 56.7 Å². The summed E-state index contributed by atoms with van der Waals surface area (Å²) < 4.78 is 35.9. The molecule has 1 aliphatic heterocycles. The summed E-state index contributed by atoms with van der Waals surface area (Å²) in [6, 6.07) is 0. The van der Waals surface area contributed by atoms with Crippen molar-refractivity contribution in [2.45, 2.75) is 131 Å². The van der Waals surface area contributed by atoms with Gasteiger partial charge in [0.05, 0.1) is 24.3 Å². The van der Waals surface area contributed by atoms with Crippen LogP contribution in [-0.4, -0.2) is 85.7 Å². The number of allylic oxidation sites excluding steroid dienone is 5. The van der Waals surface area contributed by atoms with E-state index in [1.165, 1.54) is 68.1 Å². The van der Waals surface area contributed by atoms with Gasteiger partial charge in [-0.1, -0.05) is 58.9 Å². The molecule has 0 unspecified atom stereocenters. The SMILES string of the molecule is C=C(C)[C@@H]1CC[C@]2(NCCN3CCS(=O)(=O)CC3)CC[C@]3(C)[C@H](CC[C@@H]4[C@@]5(C)CC=C(C6=CC[C@@](COc7cnccn7)(C(=O)OCC)CC6)C(C)(C)[C@@H]5CC[C@]43C)[C@@H]12. The lowest BCUT2D eigenvalue weighted by Crippen LogP contribution is -2.68. The van der Waals surface area contributed by atoms with Gasteiger partial charge in [-0.3, -0.25) is 9.78 Å². The summed E-state index contributed by atoms with van der Waals surface area (Å²) in [5, 5.41) is 4.23. The van der Waals surface area contributed by atoms with Crippen LogP contribution in [0.4, 0.5) is 0 Å². The number of esters is 1. The topological polar surface area (TPSA) is 111 Å². The molecule has 0 aromatic carbocycles. The molecule has 5 fully saturated rings. The highest BCUT2D eigenvalue weighted by atomic mass is 32.2. The quantitative estimate of drug-likeness (QED) is 0.173. The lowest BCUT2D eigenvalue weighted by molar-refractivity contribution is -0.221. The molecular weight excluding hydrogens is 757 g/mol. The Morgan fingerprint density at radius 2 is 1.71 bits per heavy atom. The first-order valence-corrected chi connectivity index (χ1v) is 25.1. The number of carbonyl (C=O) groups excluding carboxylic acids is 1. The first-order valence-electron chi connectivity index (χ1n) is 23.2. The van der Waals surface area contributed by atoms with Crippen LogP contribution in [0.2, 0.25) is 0 Å². The molecule has 10 atom stereocenters. The first kappa shape index (κ1) is 43.1. The van der Waals surface area contributed by atoms with Crippen LogP contribution in [-0.2, 0) is 19.4 Å². The van der Waals surface area contributed by atoms with Gasteiger partial charge >= 0.3 is 5.97 Å². The molecule has 0 radical (unpaired) electrons. The van der Waals surface area contributed by atoms with Crippen LogP contribution in [0.25, 0.3) is 0 Å². The fourth-order valence-corrected chi connectivity index (χ4v) is 16.7. The zero-order chi connectivity index (χ0) is 42.1. The molecule has 1 aromatic rings. The Bertz CT molecular complexity index is 1930. The number of fused-ring (bicyclic) bond motifs is 7. The average Bonchev–Trinajstić information content (AvgIpc) is 3.59. The van der Waals surface area contributed by atoms with Gasteiger partial charge in [0.25, 0.3) is 0 Å². The van der Waals surface area contributed by atoms with E-state index in [1.807, 2.05) is 6.92 Å². The molecule has 0 spiro atoms. The summed E-state index contributed by atoms with van der Waals surface area (Å²) in [5.74, 6) is 3.93. The third kappa shape index (κ3) is 7.19. The third-order valence-corrected chi connectivity index (χ3v) is 20.3. The number of rotatable bonds is 11. The second-order valence-electron chi connectivity index (χ2n) is 21.6. The van der Waals surface area contributed by atoms with E-state index in [0.29, 0.717) is 79.5 Å². The van der Waals surface area contributed by atoms with Crippen LogP contribution < -0.4 is 10.1 Å². The highest BCUT2D eigenvalue weighted by Crippen LogP contribution is 2.76. The normalized spacial score (nSPS) is 41.2. The van der Waals surface area contributed by atoms with Crippen LogP contribution in [0.15, 0.2) is 54.0 Å². The van der Waals surface area contributed by atoms with Crippen molar-refractivity contribution < 1.29 is 22.7 Å². The zero-order valence-corrected chi connectivity index (χ0v) is 38.2. The number of hydrogen-bond acceptors (Lipinski definition) is 9. The molecule has 1 saturated heterocycles. The van der Waals surface area contributed by atoms with Crippen molar-refractivity contribution in [1.29, 1.82) is 0 Å². The number of nitrogens with one attached hydrogen (secondary N) is 1. The number of aromatic nitrogens is 2. The molecule has 6 aliphatic carbocycles. The predicted molar refractivity (Wildman–Crippen MR) is 234 cm³/mol. The Hall–Kier alpha value is -2.56. The average molecular weight is 831 g/mol. The Kier molecular flexibility index (Phi) is 11.4. The maximum absolute atomic E-state index is 13.5. The van der Waals surface area contributed by atoms with Gasteiger partial charge in [-0.15, -0.1) is 0 Å². The molecule has 1 N–H and O–H groups in total. The van der Waals surface area contributed by atoms with E-state index in [4.69, 9.17) is 9.47 Å². The van der Waals surface area contributed by atoms with Gasteiger partial charge in [-0.25, -0.2) is 13.4 Å². The van der Waals surface area contributed by atoms with E-state index in [9.17, 15) is 13.2 Å². The number of sulfone groups is 1. The fourth-order valence-electron chi connectivity index (χ4n) is 15.4. The van der Waals surface area contributed by atoms with Crippen molar-refractivity contribution in [1.82, 2.24) is 20.2 Å². The van der Waals surface area contributed by atoms with Crippen LogP contribution in [0.3, 0.4) is 0 Å². The molecular formula is C49H74N4O5S. The second kappa shape index (κ2) is 15.7. The third-order valence-electron chi connectivity index (χ3n) is 18.7. The van der Waals surface area contributed by atoms with Crippen LogP contribution in [0.1, 0.15) is 126 Å².